The van der Waals surface area contributed by atoms with Gasteiger partial charge in [-0.05, 0) is 29.7 Å². The summed E-state index contributed by atoms with van der Waals surface area (Å²) in [5.74, 6) is 0.116. The lowest BCUT2D eigenvalue weighted by molar-refractivity contribution is 0.0436. The topological polar surface area (TPSA) is 83.0 Å². The number of nitrogens with two attached hydrogens (primary N) is 1. The highest BCUT2D eigenvalue weighted by molar-refractivity contribution is 6.31. The number of hydrogen-bond acceptors (Lipinski definition) is 5. The van der Waals surface area contributed by atoms with Crippen LogP contribution < -0.4 is 5.73 Å². The first-order valence-corrected chi connectivity index (χ1v) is 10.9. The smallest absolute Gasteiger partial charge is 0.344 e. The fraction of sp³-hybridized carbons (Fsp3) is 0.292. The van der Waals surface area contributed by atoms with Gasteiger partial charge in [-0.2, -0.15) is 0 Å². The van der Waals surface area contributed by atoms with E-state index in [0.29, 0.717) is 40.8 Å². The Morgan fingerprint density at radius 1 is 1.06 bits per heavy atom. The summed E-state index contributed by atoms with van der Waals surface area (Å²) in [6.07, 6.45) is 1.88. The van der Waals surface area contributed by atoms with Gasteiger partial charge in [-0.3, -0.25) is 0 Å². The van der Waals surface area contributed by atoms with E-state index in [4.69, 9.17) is 32.0 Å². The average molecular weight is 437 g/mol. The largest absolute Gasteiger partial charge is 0.462 e. The summed E-state index contributed by atoms with van der Waals surface area (Å²) in [5, 5.41) is 0.621. The monoisotopic (exact) mass is 436 g/mol. The van der Waals surface area contributed by atoms with Crippen LogP contribution >= 0.6 is 11.6 Å². The number of fused-ring (bicyclic) bond motifs is 2. The molecule has 0 saturated carbocycles. The number of halogens is 1. The molecule has 2 aromatic carbocycles. The summed E-state index contributed by atoms with van der Waals surface area (Å²) in [4.78, 5) is 22.6. The molecule has 0 bridgehead atoms. The van der Waals surface area contributed by atoms with Gasteiger partial charge in [-0.25, -0.2) is 14.8 Å². The second-order valence-electron chi connectivity index (χ2n) is 7.60. The van der Waals surface area contributed by atoms with Crippen molar-refractivity contribution in [1.82, 2.24) is 14.5 Å². The zero-order valence-electron chi connectivity index (χ0n) is 17.6. The number of anilines is 1. The quantitative estimate of drug-likeness (QED) is 0.389. The molecular weight excluding hydrogens is 412 g/mol. The number of carbonyl (C=O) groups is 1. The van der Waals surface area contributed by atoms with Crippen molar-refractivity contribution in [3.63, 3.8) is 0 Å². The molecule has 4 rings (SSSR count). The molecule has 0 aliphatic heterocycles. The van der Waals surface area contributed by atoms with Crippen molar-refractivity contribution in [1.29, 1.82) is 0 Å². The number of aromatic nitrogens is 3. The Bertz CT molecular complexity index is 1250. The predicted molar refractivity (Wildman–Crippen MR) is 124 cm³/mol. The number of para-hydroxylation sites is 2. The molecule has 0 spiro atoms. The maximum absolute atomic E-state index is 13.1. The highest BCUT2D eigenvalue weighted by Gasteiger charge is 2.26. The van der Waals surface area contributed by atoms with Crippen molar-refractivity contribution < 1.29 is 9.53 Å². The van der Waals surface area contributed by atoms with Crippen LogP contribution in [0.4, 0.5) is 5.82 Å². The molecule has 0 aliphatic carbocycles. The van der Waals surface area contributed by atoms with Gasteiger partial charge in [0.15, 0.2) is 5.65 Å². The first-order valence-electron chi connectivity index (χ1n) is 10.5. The second-order valence-corrected chi connectivity index (χ2v) is 8.01. The summed E-state index contributed by atoms with van der Waals surface area (Å²) in [5.41, 5.74) is 10.0. The molecule has 0 saturated heterocycles. The van der Waals surface area contributed by atoms with E-state index in [1.807, 2.05) is 48.5 Å². The molecule has 0 aliphatic rings. The van der Waals surface area contributed by atoms with Gasteiger partial charge < -0.3 is 15.0 Å². The maximum atomic E-state index is 13.1. The third kappa shape index (κ3) is 4.08. The summed E-state index contributed by atoms with van der Waals surface area (Å²) in [6, 6.07) is 15.1. The van der Waals surface area contributed by atoms with Crippen molar-refractivity contribution in [3.8, 4) is 0 Å². The number of benzene rings is 2. The molecule has 0 unspecified atom stereocenters. The highest BCUT2D eigenvalue weighted by Crippen LogP contribution is 2.30. The number of nitrogens with zero attached hydrogens (tertiary/aromatic N) is 3. The van der Waals surface area contributed by atoms with Gasteiger partial charge in [0.1, 0.15) is 16.9 Å². The molecule has 6 nitrogen and oxygen atoms in total. The van der Waals surface area contributed by atoms with Crippen LogP contribution in [-0.2, 0) is 11.3 Å². The van der Waals surface area contributed by atoms with Crippen molar-refractivity contribution in [2.45, 2.75) is 33.2 Å². The third-order valence-electron chi connectivity index (χ3n) is 5.69. The third-order valence-corrected chi connectivity index (χ3v) is 6.06. The SMILES string of the molecule is CCC(CC)COC(=O)c1c(N)n(Cc2ccccc2Cl)c2nc3ccccc3nc12. The van der Waals surface area contributed by atoms with Gasteiger partial charge in [-0.15, -0.1) is 0 Å². The fourth-order valence-corrected chi connectivity index (χ4v) is 3.86. The first kappa shape index (κ1) is 21.1. The van der Waals surface area contributed by atoms with E-state index in [2.05, 4.69) is 13.8 Å². The molecule has 7 heteroatoms. The Morgan fingerprint density at radius 3 is 2.39 bits per heavy atom. The van der Waals surface area contributed by atoms with Crippen LogP contribution in [0.5, 0.6) is 0 Å². The maximum Gasteiger partial charge on any atom is 0.344 e. The van der Waals surface area contributed by atoms with Crippen LogP contribution in [0.2, 0.25) is 5.02 Å². The number of carbonyl (C=O) groups excluding carboxylic acids is 1. The molecular formula is C24H25ClN4O2. The Kier molecular flexibility index (Phi) is 6.09. The van der Waals surface area contributed by atoms with E-state index in [1.165, 1.54) is 0 Å². The molecule has 160 valence electrons. The molecule has 2 heterocycles. The molecule has 0 fully saturated rings. The minimum absolute atomic E-state index is 0.256. The van der Waals surface area contributed by atoms with Crippen molar-refractivity contribution in [2.24, 2.45) is 5.92 Å². The van der Waals surface area contributed by atoms with Crippen LogP contribution in [0.3, 0.4) is 0 Å². The van der Waals surface area contributed by atoms with Gasteiger partial charge in [0.2, 0.25) is 0 Å². The molecule has 0 amide bonds. The summed E-state index contributed by atoms with van der Waals surface area (Å²) >= 11 is 6.38. The zero-order valence-corrected chi connectivity index (χ0v) is 18.4. The minimum atomic E-state index is -0.475. The van der Waals surface area contributed by atoms with E-state index in [-0.39, 0.29) is 11.4 Å². The zero-order chi connectivity index (χ0) is 22.0. The van der Waals surface area contributed by atoms with Crippen molar-refractivity contribution in [3.05, 3.63) is 64.7 Å². The number of nitrogen functional groups attached to an aromatic ring is 1. The highest BCUT2D eigenvalue weighted by atomic mass is 35.5. The van der Waals surface area contributed by atoms with Gasteiger partial charge in [0, 0.05) is 5.02 Å². The van der Waals surface area contributed by atoms with E-state index < -0.39 is 5.97 Å². The number of hydrogen-bond donors (Lipinski definition) is 1. The van der Waals surface area contributed by atoms with E-state index in [0.717, 1.165) is 23.9 Å². The Balaban J connectivity index is 1.84. The van der Waals surface area contributed by atoms with Crippen LogP contribution in [0, 0.1) is 5.92 Å². The molecule has 31 heavy (non-hydrogen) atoms. The van der Waals surface area contributed by atoms with Crippen LogP contribution in [0.15, 0.2) is 48.5 Å². The van der Waals surface area contributed by atoms with Crippen LogP contribution in [0.1, 0.15) is 42.6 Å². The van der Waals surface area contributed by atoms with Gasteiger partial charge in [0.05, 0.1) is 24.2 Å². The number of ether oxygens (including phenoxy) is 1. The standard InChI is InChI=1S/C24H25ClN4O2/c1-3-15(4-2)14-31-24(30)20-21-23(28-19-12-8-7-11-18(19)27-21)29(22(20)26)13-16-9-5-6-10-17(16)25/h5-12,15H,3-4,13-14,26H2,1-2H3. The molecule has 2 N–H and O–H groups in total. The average Bonchev–Trinajstić information content (AvgIpc) is 3.04. The van der Waals surface area contributed by atoms with Gasteiger partial charge >= 0.3 is 5.97 Å². The summed E-state index contributed by atoms with van der Waals surface area (Å²) in [7, 11) is 0. The Morgan fingerprint density at radius 2 is 1.71 bits per heavy atom. The molecule has 2 aromatic heterocycles. The molecule has 0 radical (unpaired) electrons. The van der Waals surface area contributed by atoms with Gasteiger partial charge in [-0.1, -0.05) is 68.6 Å². The van der Waals surface area contributed by atoms with Gasteiger partial charge in [0.25, 0.3) is 0 Å². The van der Waals surface area contributed by atoms with Crippen molar-refractivity contribution >= 4 is 45.6 Å². The van der Waals surface area contributed by atoms with E-state index >= 15 is 0 Å². The fourth-order valence-electron chi connectivity index (χ4n) is 3.67. The molecule has 0 atom stereocenters. The Labute approximate surface area is 186 Å². The minimum Gasteiger partial charge on any atom is -0.462 e. The Hall–Kier alpha value is -3.12. The lowest BCUT2D eigenvalue weighted by atomic mass is 10.1. The van der Waals surface area contributed by atoms with Crippen molar-refractivity contribution in [2.75, 3.05) is 12.3 Å². The van der Waals surface area contributed by atoms with Crippen LogP contribution in [-0.4, -0.2) is 27.1 Å². The van der Waals surface area contributed by atoms with E-state index in [1.54, 1.807) is 4.57 Å². The number of esters is 1. The molecule has 4 aromatic rings. The lowest BCUT2D eigenvalue weighted by Gasteiger charge is -2.13. The first-order chi connectivity index (χ1) is 15.0. The summed E-state index contributed by atoms with van der Waals surface area (Å²) < 4.78 is 7.42. The van der Waals surface area contributed by atoms with E-state index in [9.17, 15) is 4.79 Å². The predicted octanol–water partition coefficient (Wildman–Crippen LogP) is 5.46. The normalized spacial score (nSPS) is 11.5. The lowest BCUT2D eigenvalue weighted by Crippen LogP contribution is -2.15. The number of rotatable bonds is 7. The summed E-state index contributed by atoms with van der Waals surface area (Å²) in [6.45, 7) is 4.89. The second kappa shape index (κ2) is 8.94. The van der Waals surface area contributed by atoms with Crippen LogP contribution in [0.25, 0.3) is 22.2 Å².